The fraction of sp³-hybridized carbons (Fsp3) is 1.00. The van der Waals surface area contributed by atoms with Crippen LogP contribution in [0.2, 0.25) is 0 Å². The van der Waals surface area contributed by atoms with Crippen LogP contribution in [0, 0.1) is 0 Å². The molecule has 0 aromatic carbocycles. The van der Waals surface area contributed by atoms with E-state index in [0.29, 0.717) is 24.6 Å². The molecule has 0 spiro atoms. The maximum absolute atomic E-state index is 6.07. The Labute approximate surface area is 103 Å². The second-order valence-electron chi connectivity index (χ2n) is 3.76. The van der Waals surface area contributed by atoms with Crippen molar-refractivity contribution < 1.29 is 0 Å². The van der Waals surface area contributed by atoms with E-state index >= 15 is 0 Å². The van der Waals surface area contributed by atoms with Crippen molar-refractivity contribution >= 4 is 25.3 Å². The van der Waals surface area contributed by atoms with Gasteiger partial charge in [0.1, 0.15) is 0 Å². The molecule has 0 aliphatic rings. The summed E-state index contributed by atoms with van der Waals surface area (Å²) in [6, 6.07) is 0. The quantitative estimate of drug-likeness (QED) is 0.205. The van der Waals surface area contributed by atoms with E-state index in [0.717, 1.165) is 0 Å². The van der Waals surface area contributed by atoms with Crippen molar-refractivity contribution in [1.29, 1.82) is 0 Å². The van der Waals surface area contributed by atoms with Crippen LogP contribution in [0.25, 0.3) is 0 Å². The van der Waals surface area contributed by atoms with Gasteiger partial charge in [-0.2, -0.15) is 25.3 Å². The molecule has 92 valence electrons. The Kier molecular flexibility index (Phi) is 7.18. The number of rotatable bonds is 8. The first-order chi connectivity index (χ1) is 6.95. The third-order valence-corrected chi connectivity index (χ3v) is 3.44. The normalized spacial score (nSPS) is 19.6. The van der Waals surface area contributed by atoms with Crippen LogP contribution in [0.3, 0.4) is 0 Å². The molecule has 0 rings (SSSR count). The Hall–Kier alpha value is 0.500. The lowest BCUT2D eigenvalue weighted by atomic mass is 10.1. The average molecular weight is 253 g/mol. The molecule has 0 fully saturated rings. The summed E-state index contributed by atoms with van der Waals surface area (Å²) < 4.78 is 0. The van der Waals surface area contributed by atoms with Crippen LogP contribution in [0.15, 0.2) is 0 Å². The van der Waals surface area contributed by atoms with Crippen molar-refractivity contribution in [1.82, 2.24) is 16.0 Å². The van der Waals surface area contributed by atoms with Gasteiger partial charge in [-0.25, -0.2) is 0 Å². The van der Waals surface area contributed by atoms with Gasteiger partial charge in [0.2, 0.25) is 0 Å². The number of hydrogen-bond donors (Lipinski definition) is 7. The zero-order valence-electron chi connectivity index (χ0n) is 9.38. The van der Waals surface area contributed by atoms with Gasteiger partial charge in [-0.05, 0) is 14.1 Å². The lowest BCUT2D eigenvalue weighted by Gasteiger charge is -2.35. The highest BCUT2D eigenvalue weighted by Gasteiger charge is 2.27. The predicted octanol–water partition coefficient (Wildman–Crippen LogP) is -1.82. The van der Waals surface area contributed by atoms with Crippen LogP contribution in [-0.2, 0) is 0 Å². The standard InChI is InChI=1S/C8H23N5S2/c1-11-3-8(10,6-15)13-4-7(9,5-14)12-2/h11-15H,3-6,9-10H2,1-2H3/t7-,8?/m1/s1. The number of thiol groups is 2. The van der Waals surface area contributed by atoms with Crippen molar-refractivity contribution in [2.75, 3.05) is 38.7 Å². The number of likely N-dealkylation sites (N-methyl/N-ethyl adjacent to an activating group) is 2. The zero-order valence-corrected chi connectivity index (χ0v) is 11.2. The van der Waals surface area contributed by atoms with Crippen LogP contribution in [-0.4, -0.2) is 50.0 Å². The molecule has 0 aliphatic heterocycles. The molecule has 0 aliphatic carbocycles. The van der Waals surface area contributed by atoms with Gasteiger partial charge in [0, 0.05) is 24.6 Å². The molecule has 0 saturated carbocycles. The van der Waals surface area contributed by atoms with Crippen molar-refractivity contribution in [2.45, 2.75) is 11.3 Å². The largest absolute Gasteiger partial charge is 0.317 e. The first kappa shape index (κ1) is 15.5. The van der Waals surface area contributed by atoms with Crippen LogP contribution < -0.4 is 27.4 Å². The molecule has 7 heteroatoms. The molecule has 0 radical (unpaired) electrons. The highest BCUT2D eigenvalue weighted by Crippen LogP contribution is 2.01. The van der Waals surface area contributed by atoms with E-state index in [4.69, 9.17) is 11.5 Å². The molecule has 0 aromatic heterocycles. The molecule has 7 N–H and O–H groups in total. The summed E-state index contributed by atoms with van der Waals surface area (Å²) in [6.07, 6.45) is 0. The summed E-state index contributed by atoms with van der Waals surface area (Å²) in [7, 11) is 3.65. The van der Waals surface area contributed by atoms with Crippen LogP contribution in [0.5, 0.6) is 0 Å². The van der Waals surface area contributed by atoms with E-state index in [1.807, 2.05) is 7.05 Å². The summed E-state index contributed by atoms with van der Waals surface area (Å²) in [6.45, 7) is 1.16. The van der Waals surface area contributed by atoms with Crippen LogP contribution in [0.4, 0.5) is 0 Å². The Morgan fingerprint density at radius 1 is 1.00 bits per heavy atom. The number of nitrogens with two attached hydrogens (primary N) is 2. The minimum Gasteiger partial charge on any atom is -0.317 e. The maximum atomic E-state index is 6.07. The molecule has 0 amide bonds. The minimum atomic E-state index is -0.553. The highest BCUT2D eigenvalue weighted by atomic mass is 32.1. The van der Waals surface area contributed by atoms with Gasteiger partial charge in [0.25, 0.3) is 0 Å². The SMILES string of the molecule is CNCC(N)(CS)NC[C@](N)(CS)NC. The molecule has 0 saturated heterocycles. The van der Waals surface area contributed by atoms with Crippen LogP contribution >= 0.6 is 25.3 Å². The van der Waals surface area contributed by atoms with Gasteiger partial charge in [-0.15, -0.1) is 0 Å². The summed E-state index contributed by atoms with van der Waals surface area (Å²) in [5.74, 6) is 1.05. The second kappa shape index (κ2) is 6.95. The van der Waals surface area contributed by atoms with Crippen molar-refractivity contribution in [3.05, 3.63) is 0 Å². The van der Waals surface area contributed by atoms with Crippen molar-refractivity contribution in [3.8, 4) is 0 Å². The molecule has 0 heterocycles. The monoisotopic (exact) mass is 253 g/mol. The topological polar surface area (TPSA) is 88.1 Å². The zero-order chi connectivity index (χ0) is 11.9. The minimum absolute atomic E-state index is 0.526. The van der Waals surface area contributed by atoms with Gasteiger partial charge in [-0.1, -0.05) is 0 Å². The van der Waals surface area contributed by atoms with E-state index in [2.05, 4.69) is 41.2 Å². The molecular formula is C8H23N5S2. The van der Waals surface area contributed by atoms with E-state index in [9.17, 15) is 0 Å². The molecule has 5 nitrogen and oxygen atoms in total. The molecule has 1 unspecified atom stereocenters. The summed E-state index contributed by atoms with van der Waals surface area (Å²) >= 11 is 8.41. The lowest BCUT2D eigenvalue weighted by molar-refractivity contribution is 0.296. The molecule has 15 heavy (non-hydrogen) atoms. The summed E-state index contributed by atoms with van der Waals surface area (Å²) in [5, 5.41) is 9.21. The van der Waals surface area contributed by atoms with Crippen molar-refractivity contribution in [2.24, 2.45) is 11.5 Å². The molecular weight excluding hydrogens is 230 g/mol. The third kappa shape index (κ3) is 5.39. The third-order valence-electron chi connectivity index (χ3n) is 2.31. The van der Waals surface area contributed by atoms with E-state index in [1.165, 1.54) is 0 Å². The first-order valence-corrected chi connectivity index (χ1v) is 6.10. The lowest BCUT2D eigenvalue weighted by Crippen LogP contribution is -2.68. The Bertz CT molecular complexity index is 176. The van der Waals surface area contributed by atoms with E-state index in [-0.39, 0.29) is 0 Å². The summed E-state index contributed by atoms with van der Waals surface area (Å²) in [4.78, 5) is 0. The Morgan fingerprint density at radius 3 is 1.87 bits per heavy atom. The van der Waals surface area contributed by atoms with Gasteiger partial charge in [-0.3, -0.25) is 5.32 Å². The maximum Gasteiger partial charge on any atom is 0.0881 e. The van der Waals surface area contributed by atoms with E-state index in [1.54, 1.807) is 7.05 Å². The fourth-order valence-corrected chi connectivity index (χ4v) is 1.54. The average Bonchev–Trinajstić information content (AvgIpc) is 2.26. The van der Waals surface area contributed by atoms with Gasteiger partial charge in [0.05, 0.1) is 11.3 Å². The summed E-state index contributed by atoms with van der Waals surface area (Å²) in [5.41, 5.74) is 11.0. The number of nitrogens with one attached hydrogen (secondary N) is 3. The molecule has 0 bridgehead atoms. The fourth-order valence-electron chi connectivity index (χ4n) is 1.05. The predicted molar refractivity (Wildman–Crippen MR) is 72.5 cm³/mol. The number of hydrogen-bond acceptors (Lipinski definition) is 7. The first-order valence-electron chi connectivity index (χ1n) is 4.83. The van der Waals surface area contributed by atoms with Crippen molar-refractivity contribution in [3.63, 3.8) is 0 Å². The second-order valence-corrected chi connectivity index (χ2v) is 4.39. The van der Waals surface area contributed by atoms with Gasteiger partial charge >= 0.3 is 0 Å². The van der Waals surface area contributed by atoms with Gasteiger partial charge < -0.3 is 22.1 Å². The Balaban J connectivity index is 4.20. The molecule has 2 atom stereocenters. The van der Waals surface area contributed by atoms with E-state index < -0.39 is 11.3 Å². The smallest absolute Gasteiger partial charge is 0.0881 e. The molecule has 0 aromatic rings. The van der Waals surface area contributed by atoms with Crippen LogP contribution in [0.1, 0.15) is 0 Å². The Morgan fingerprint density at radius 2 is 1.53 bits per heavy atom. The van der Waals surface area contributed by atoms with Gasteiger partial charge in [0.15, 0.2) is 0 Å². The highest BCUT2D eigenvalue weighted by molar-refractivity contribution is 7.80.